The van der Waals surface area contributed by atoms with Crippen molar-refractivity contribution in [2.45, 2.75) is 11.3 Å². The largest absolute Gasteiger partial charge is 0.508 e. The van der Waals surface area contributed by atoms with Crippen molar-refractivity contribution in [1.29, 1.82) is 0 Å². The number of aromatic nitrogens is 2. The third-order valence-corrected chi connectivity index (χ3v) is 5.34. The van der Waals surface area contributed by atoms with Gasteiger partial charge in [0.05, 0.1) is 22.5 Å². The lowest BCUT2D eigenvalue weighted by atomic mass is 10.1. The van der Waals surface area contributed by atoms with Crippen LogP contribution in [0.25, 0.3) is 11.3 Å². The zero-order valence-corrected chi connectivity index (χ0v) is 17.1. The van der Waals surface area contributed by atoms with Gasteiger partial charge in [-0.15, -0.1) is 0 Å². The van der Waals surface area contributed by atoms with Gasteiger partial charge in [-0.2, -0.15) is 0 Å². The molecule has 0 aliphatic heterocycles. The zero-order valence-electron chi connectivity index (χ0n) is 16.3. The van der Waals surface area contributed by atoms with Crippen LogP contribution in [0.4, 0.5) is 11.5 Å². The molecule has 3 aromatic carbocycles. The van der Waals surface area contributed by atoms with E-state index in [1.807, 2.05) is 30.3 Å². The van der Waals surface area contributed by atoms with Gasteiger partial charge in [-0.1, -0.05) is 30.3 Å². The number of phenols is 1. The van der Waals surface area contributed by atoms with Crippen molar-refractivity contribution in [3.8, 4) is 17.0 Å². The van der Waals surface area contributed by atoms with Crippen LogP contribution in [0.5, 0.6) is 5.75 Å². The fourth-order valence-corrected chi connectivity index (χ4v) is 3.60. The highest BCUT2D eigenvalue weighted by Gasteiger charge is 2.12. The minimum Gasteiger partial charge on any atom is -0.508 e. The summed E-state index contributed by atoms with van der Waals surface area (Å²) in [6.45, 7) is 0. The quantitative estimate of drug-likeness (QED) is 0.228. The van der Waals surface area contributed by atoms with Crippen molar-refractivity contribution in [1.82, 2.24) is 9.97 Å². The first kappa shape index (κ1) is 20.4. The first-order valence-electron chi connectivity index (χ1n) is 9.45. The molecule has 0 atom stereocenters. The van der Waals surface area contributed by atoms with E-state index in [1.165, 1.54) is 24.1 Å². The van der Waals surface area contributed by atoms with Gasteiger partial charge in [0.2, 0.25) is 0 Å². The number of phenolic OH excluding ortho intramolecular Hbond substituents is 1. The van der Waals surface area contributed by atoms with Crippen molar-refractivity contribution >= 4 is 23.5 Å². The van der Waals surface area contributed by atoms with Gasteiger partial charge in [-0.05, 0) is 53.9 Å². The third kappa shape index (κ3) is 5.18. The van der Waals surface area contributed by atoms with E-state index in [9.17, 15) is 15.2 Å². The van der Waals surface area contributed by atoms with Crippen LogP contribution in [-0.4, -0.2) is 20.0 Å². The molecular weight excluding hydrogens is 412 g/mol. The van der Waals surface area contributed by atoms with Crippen LogP contribution in [0.3, 0.4) is 0 Å². The Balaban J connectivity index is 1.60. The molecule has 0 amide bonds. The number of non-ortho nitro benzene ring substituents is 1. The Hall–Kier alpha value is -3.91. The number of nitro benzene ring substituents is 1. The molecule has 2 N–H and O–H groups in total. The maximum absolute atomic E-state index is 10.8. The van der Waals surface area contributed by atoms with Gasteiger partial charge in [-0.3, -0.25) is 10.1 Å². The predicted molar refractivity (Wildman–Crippen MR) is 121 cm³/mol. The van der Waals surface area contributed by atoms with Crippen LogP contribution in [0.15, 0.2) is 90.0 Å². The zero-order chi connectivity index (χ0) is 21.6. The van der Waals surface area contributed by atoms with Crippen LogP contribution in [-0.2, 0) is 6.42 Å². The Kier molecular flexibility index (Phi) is 6.09. The predicted octanol–water partition coefficient (Wildman–Crippen LogP) is 5.47. The molecule has 1 heterocycles. The van der Waals surface area contributed by atoms with E-state index < -0.39 is 4.92 Å². The lowest BCUT2D eigenvalue weighted by molar-refractivity contribution is -0.384. The summed E-state index contributed by atoms with van der Waals surface area (Å²) in [7, 11) is 0. The number of nitrogens with one attached hydrogen (secondary N) is 1. The molecule has 31 heavy (non-hydrogen) atoms. The molecule has 1 aromatic heterocycles. The fraction of sp³-hybridized carbons (Fsp3) is 0.0435. The van der Waals surface area contributed by atoms with Gasteiger partial charge in [0, 0.05) is 29.0 Å². The molecule has 0 aliphatic rings. The van der Waals surface area contributed by atoms with E-state index in [1.54, 1.807) is 42.6 Å². The summed E-state index contributed by atoms with van der Waals surface area (Å²) >= 11 is 1.31. The molecular formula is C23H18N4O3S. The van der Waals surface area contributed by atoms with Crippen LogP contribution < -0.4 is 4.72 Å². The van der Waals surface area contributed by atoms with Gasteiger partial charge in [0.15, 0.2) is 5.82 Å². The van der Waals surface area contributed by atoms with Crippen molar-refractivity contribution in [3.63, 3.8) is 0 Å². The van der Waals surface area contributed by atoms with Gasteiger partial charge in [0.1, 0.15) is 5.75 Å². The summed E-state index contributed by atoms with van der Waals surface area (Å²) < 4.78 is 3.22. The molecule has 8 heteroatoms. The van der Waals surface area contributed by atoms with Gasteiger partial charge in [-0.25, -0.2) is 9.97 Å². The van der Waals surface area contributed by atoms with Crippen molar-refractivity contribution in [2.75, 3.05) is 4.72 Å². The van der Waals surface area contributed by atoms with Crippen LogP contribution in [0.2, 0.25) is 0 Å². The maximum atomic E-state index is 10.8. The monoisotopic (exact) mass is 430 g/mol. The van der Waals surface area contributed by atoms with Crippen molar-refractivity contribution < 1.29 is 10.0 Å². The molecule has 0 spiro atoms. The molecule has 0 bridgehead atoms. The average Bonchev–Trinajstić information content (AvgIpc) is 2.80. The average molecular weight is 430 g/mol. The Morgan fingerprint density at radius 1 is 0.968 bits per heavy atom. The Morgan fingerprint density at radius 2 is 1.68 bits per heavy atom. The van der Waals surface area contributed by atoms with E-state index in [4.69, 9.17) is 4.98 Å². The topological polar surface area (TPSA) is 101 Å². The Bertz CT molecular complexity index is 1180. The van der Waals surface area contributed by atoms with E-state index >= 15 is 0 Å². The number of benzene rings is 3. The van der Waals surface area contributed by atoms with Crippen LogP contribution >= 0.6 is 11.9 Å². The summed E-state index contributed by atoms with van der Waals surface area (Å²) in [6.07, 6.45) is 2.27. The number of hydrogen-bond acceptors (Lipinski definition) is 7. The van der Waals surface area contributed by atoms with Crippen molar-refractivity contribution in [3.05, 3.63) is 106 Å². The summed E-state index contributed by atoms with van der Waals surface area (Å²) in [5.41, 5.74) is 3.48. The van der Waals surface area contributed by atoms with Gasteiger partial charge >= 0.3 is 0 Å². The van der Waals surface area contributed by atoms with E-state index in [-0.39, 0.29) is 11.4 Å². The Labute approximate surface area is 183 Å². The van der Waals surface area contributed by atoms with Crippen molar-refractivity contribution in [2.24, 2.45) is 0 Å². The minimum absolute atomic E-state index is 0.0483. The number of hydrogen-bond donors (Lipinski definition) is 2. The summed E-state index contributed by atoms with van der Waals surface area (Å²) in [4.78, 5) is 20.6. The second-order valence-corrected chi connectivity index (χ2v) is 7.59. The highest BCUT2D eigenvalue weighted by molar-refractivity contribution is 8.00. The normalized spacial score (nSPS) is 10.6. The Morgan fingerprint density at radius 3 is 2.35 bits per heavy atom. The maximum Gasteiger partial charge on any atom is 0.269 e. The first-order chi connectivity index (χ1) is 15.1. The molecule has 7 nitrogen and oxygen atoms in total. The van der Waals surface area contributed by atoms with E-state index in [0.717, 1.165) is 21.7 Å². The summed E-state index contributed by atoms with van der Waals surface area (Å²) in [5, 5.41) is 20.4. The number of aromatic hydroxyl groups is 1. The second-order valence-electron chi connectivity index (χ2n) is 6.71. The molecule has 0 aliphatic carbocycles. The van der Waals surface area contributed by atoms with E-state index in [0.29, 0.717) is 17.9 Å². The highest BCUT2D eigenvalue weighted by atomic mass is 32.2. The molecule has 4 rings (SSSR count). The highest BCUT2D eigenvalue weighted by Crippen LogP contribution is 2.27. The third-order valence-electron chi connectivity index (χ3n) is 4.54. The summed E-state index contributed by atoms with van der Waals surface area (Å²) in [6, 6.07) is 23.1. The van der Waals surface area contributed by atoms with E-state index in [2.05, 4.69) is 9.71 Å². The lowest BCUT2D eigenvalue weighted by Crippen LogP contribution is -2.03. The number of nitrogens with zero attached hydrogens (tertiary/aromatic N) is 3. The van der Waals surface area contributed by atoms with Gasteiger partial charge < -0.3 is 9.83 Å². The molecule has 0 radical (unpaired) electrons. The number of nitro groups is 1. The van der Waals surface area contributed by atoms with Gasteiger partial charge in [0.25, 0.3) is 5.69 Å². The molecule has 0 saturated heterocycles. The first-order valence-corrected chi connectivity index (χ1v) is 10.3. The number of anilines is 1. The fourth-order valence-electron chi connectivity index (χ4n) is 2.94. The molecule has 0 saturated carbocycles. The molecule has 154 valence electrons. The minimum atomic E-state index is -0.423. The van der Waals surface area contributed by atoms with Crippen LogP contribution in [0, 0.1) is 10.1 Å². The SMILES string of the molecule is O=[N+]([O-])c1ccc(SNc2ncc(-c3ccc(O)cc3)nc2Cc2ccccc2)cc1. The smallest absolute Gasteiger partial charge is 0.269 e. The summed E-state index contributed by atoms with van der Waals surface area (Å²) in [5.74, 6) is 0.814. The standard InChI is InChI=1S/C23H18N4O3S/c28-19-10-6-17(7-11-19)22-15-24-23(21(25-22)14-16-4-2-1-3-5-16)26-31-20-12-8-18(9-13-20)27(29)30/h1-13,15,28H,14H2,(H,24,26). The molecule has 0 fully saturated rings. The number of rotatable bonds is 7. The van der Waals surface area contributed by atoms with Crippen LogP contribution in [0.1, 0.15) is 11.3 Å². The second kappa shape index (κ2) is 9.27. The molecule has 4 aromatic rings. The molecule has 0 unspecified atom stereocenters. The lowest BCUT2D eigenvalue weighted by Gasteiger charge is -2.12.